The molecule has 198 valence electrons. The number of aliphatic imine (C=N–C) groups is 1. The fourth-order valence-corrected chi connectivity index (χ4v) is 5.12. The molecule has 0 aromatic heterocycles. The smallest absolute Gasteiger partial charge is 0.354 e. The van der Waals surface area contributed by atoms with Crippen LogP contribution in [0.3, 0.4) is 0 Å². The van der Waals surface area contributed by atoms with Crippen molar-refractivity contribution in [2.75, 3.05) is 12.4 Å². The Bertz CT molecular complexity index is 1230. The molecule has 2 unspecified atom stereocenters. The Balaban J connectivity index is 1.88. The van der Waals surface area contributed by atoms with E-state index in [0.717, 1.165) is 5.56 Å². The zero-order chi connectivity index (χ0) is 27.7. The lowest BCUT2D eigenvalue weighted by Crippen LogP contribution is -2.46. The highest BCUT2D eigenvalue weighted by molar-refractivity contribution is 8.00. The van der Waals surface area contributed by atoms with Gasteiger partial charge in [0, 0.05) is 30.4 Å². The Morgan fingerprint density at radius 3 is 2.66 bits per heavy atom. The molecule has 9 heteroatoms. The molecule has 1 aliphatic heterocycles. The van der Waals surface area contributed by atoms with Gasteiger partial charge in [-0.2, -0.15) is 0 Å². The van der Waals surface area contributed by atoms with Gasteiger partial charge in [-0.25, -0.2) is 4.79 Å². The van der Waals surface area contributed by atoms with Crippen LogP contribution in [0.4, 0.5) is 0 Å². The van der Waals surface area contributed by atoms with Crippen molar-refractivity contribution in [2.45, 2.75) is 37.7 Å². The lowest BCUT2D eigenvalue weighted by atomic mass is 9.86. The molecule has 0 fully saturated rings. The summed E-state index contributed by atoms with van der Waals surface area (Å²) in [6, 6.07) is 8.77. The largest absolute Gasteiger partial charge is 0.477 e. The van der Waals surface area contributed by atoms with Crippen molar-refractivity contribution >= 4 is 46.3 Å². The van der Waals surface area contributed by atoms with Crippen molar-refractivity contribution in [1.29, 1.82) is 0 Å². The summed E-state index contributed by atoms with van der Waals surface area (Å²) in [7, 11) is 0. The molecule has 38 heavy (non-hydrogen) atoms. The van der Waals surface area contributed by atoms with Gasteiger partial charge in [0.05, 0.1) is 29.7 Å². The van der Waals surface area contributed by atoms with Gasteiger partial charge in [0.15, 0.2) is 0 Å². The molecule has 0 bridgehead atoms. The lowest BCUT2D eigenvalue weighted by Gasteiger charge is -2.27. The van der Waals surface area contributed by atoms with Crippen LogP contribution < -0.4 is 5.32 Å². The normalized spacial score (nSPS) is 20.4. The summed E-state index contributed by atoms with van der Waals surface area (Å²) in [5.41, 5.74) is 4.07. The maximum atomic E-state index is 12.9. The number of carboxylic acids is 1. The van der Waals surface area contributed by atoms with E-state index in [0.29, 0.717) is 46.6 Å². The average molecular weight is 554 g/mol. The lowest BCUT2D eigenvalue weighted by molar-refractivity contribution is -0.146. The first-order valence-electron chi connectivity index (χ1n) is 12.1. The highest BCUT2D eigenvalue weighted by Gasteiger charge is 2.35. The minimum Gasteiger partial charge on any atom is -0.477 e. The molecule has 1 heterocycles. The van der Waals surface area contributed by atoms with Gasteiger partial charge in [-0.15, -0.1) is 11.8 Å². The number of benzene rings is 1. The molecular formula is C29H30ClN2O5S+. The van der Waals surface area contributed by atoms with E-state index in [1.54, 1.807) is 24.6 Å². The summed E-state index contributed by atoms with van der Waals surface area (Å²) in [4.78, 5) is 40.9. The highest BCUT2D eigenvalue weighted by Crippen LogP contribution is 2.32. The van der Waals surface area contributed by atoms with E-state index in [1.165, 1.54) is 11.8 Å². The number of carboxylic acid groups (broad SMARTS) is 1. The number of ether oxygens (including phenoxy) is 1. The zero-order valence-corrected chi connectivity index (χ0v) is 22.7. The summed E-state index contributed by atoms with van der Waals surface area (Å²) in [5.74, 6) is -1.33. The summed E-state index contributed by atoms with van der Waals surface area (Å²) in [5, 5.41) is 11.9. The minimum absolute atomic E-state index is 0.0307. The number of carbonyl (C=O) groups excluding carboxylic acids is 2. The van der Waals surface area contributed by atoms with Crippen LogP contribution in [0.1, 0.15) is 25.3 Å². The van der Waals surface area contributed by atoms with Crippen LogP contribution in [0.25, 0.3) is 0 Å². The molecule has 3 rings (SSSR count). The molecule has 1 aromatic rings. The van der Waals surface area contributed by atoms with E-state index in [9.17, 15) is 19.5 Å². The molecule has 2 aliphatic rings. The summed E-state index contributed by atoms with van der Waals surface area (Å²) in [6.45, 7) is 10.5. The van der Waals surface area contributed by atoms with E-state index in [2.05, 4.69) is 23.5 Å². The van der Waals surface area contributed by atoms with Gasteiger partial charge in [0.25, 0.3) is 0 Å². The Morgan fingerprint density at radius 2 is 2.00 bits per heavy atom. The predicted molar refractivity (Wildman–Crippen MR) is 152 cm³/mol. The van der Waals surface area contributed by atoms with Crippen molar-refractivity contribution < 1.29 is 24.2 Å². The van der Waals surface area contributed by atoms with Crippen LogP contribution >= 0.6 is 23.4 Å². The fraction of sp³-hybridized carbons (Fsp3) is 0.276. The van der Waals surface area contributed by atoms with Crippen molar-refractivity contribution in [3.63, 3.8) is 0 Å². The molecule has 2 N–H and O–H groups in total. The van der Waals surface area contributed by atoms with Gasteiger partial charge in [0.1, 0.15) is 17.1 Å². The molecule has 1 aliphatic carbocycles. The number of hydrogen-bond acceptors (Lipinski definition) is 7. The Kier molecular flexibility index (Phi) is 10.8. The number of carbonyl (C=O) groups is 3. The summed E-state index contributed by atoms with van der Waals surface area (Å²) < 4.78 is 5.39. The average Bonchev–Trinajstić information content (AvgIpc) is 2.89. The van der Waals surface area contributed by atoms with Crippen LogP contribution in [-0.4, -0.2) is 51.8 Å². The Hall–Kier alpha value is -3.33. The molecule has 0 radical (unpaired) electrons. The van der Waals surface area contributed by atoms with E-state index in [-0.39, 0.29) is 18.7 Å². The standard InChI is InChI=1S/C29H29ClN2O5S/c1-4-12-37-29(36)26(31-16-20-8-6-5-7-9-20)27-32-25(28(34)35)22(17-38-27)11-10-21-14-23(15-24(30)33)19(3)13-18(21)2/h5-11,13-14,26-27,31H,2-4,12,15-17H2,1H3/p+1/b21-10-,22-11+. The quantitative estimate of drug-likeness (QED) is 0.227. The van der Waals surface area contributed by atoms with Crippen LogP contribution in [0.5, 0.6) is 0 Å². The van der Waals surface area contributed by atoms with Crippen LogP contribution in [-0.2, 0) is 25.7 Å². The molecule has 2 atom stereocenters. The topological polar surface area (TPSA) is 105 Å². The summed E-state index contributed by atoms with van der Waals surface area (Å²) in [6.07, 6.45) is 7.64. The molecule has 0 saturated heterocycles. The van der Waals surface area contributed by atoms with Gasteiger partial charge in [-0.1, -0.05) is 37.3 Å². The third-order valence-corrected chi connectivity index (χ3v) is 7.11. The predicted octanol–water partition coefficient (Wildman–Crippen LogP) is 4.96. The first kappa shape index (κ1) is 29.2. The van der Waals surface area contributed by atoms with Gasteiger partial charge < -0.3 is 9.84 Å². The number of nitrogens with zero attached hydrogens (tertiary/aromatic N) is 1. The van der Waals surface area contributed by atoms with Crippen molar-refractivity contribution in [1.82, 2.24) is 5.32 Å². The fourth-order valence-electron chi connectivity index (χ4n) is 3.82. The van der Waals surface area contributed by atoms with Gasteiger partial charge >= 0.3 is 11.9 Å². The first-order chi connectivity index (χ1) is 18.2. The highest BCUT2D eigenvalue weighted by atomic mass is 35.5. The Labute approximate surface area is 232 Å². The number of thioether (sulfide) groups is 1. The number of nitrogens with one attached hydrogen (secondary N) is 1. The number of allylic oxidation sites excluding steroid dienone is 7. The molecule has 0 spiro atoms. The van der Waals surface area contributed by atoms with Gasteiger partial charge in [-0.05, 0) is 54.5 Å². The monoisotopic (exact) mass is 553 g/mol. The second kappa shape index (κ2) is 14.0. The van der Waals surface area contributed by atoms with Crippen molar-refractivity contribution in [3.8, 4) is 0 Å². The van der Waals surface area contributed by atoms with E-state index in [1.807, 2.05) is 37.3 Å². The van der Waals surface area contributed by atoms with Crippen LogP contribution in [0.2, 0.25) is 0 Å². The SMILES string of the molecule is C=C1[CH+]C(=C)/C(=C\C=C2/CSC(C(NCc3ccccc3)C(=O)OCCC)N=C2C(=O)O)C=C1CC(=O)Cl. The summed E-state index contributed by atoms with van der Waals surface area (Å²) >= 11 is 6.91. The van der Waals surface area contributed by atoms with Crippen LogP contribution in [0, 0.1) is 6.42 Å². The van der Waals surface area contributed by atoms with Crippen LogP contribution in [0.15, 0.2) is 94.6 Å². The third kappa shape index (κ3) is 8.08. The van der Waals surface area contributed by atoms with E-state index >= 15 is 0 Å². The molecule has 0 amide bonds. The third-order valence-electron chi connectivity index (χ3n) is 5.78. The molecule has 7 nitrogen and oxygen atoms in total. The van der Waals surface area contributed by atoms with E-state index in [4.69, 9.17) is 16.3 Å². The number of halogens is 1. The maximum Gasteiger partial charge on any atom is 0.354 e. The maximum absolute atomic E-state index is 12.9. The minimum atomic E-state index is -1.19. The van der Waals surface area contributed by atoms with Crippen molar-refractivity contribution in [3.05, 3.63) is 102 Å². The first-order valence-corrected chi connectivity index (χ1v) is 13.5. The second-order valence-corrected chi connectivity index (χ2v) is 10.2. The molecule has 1 aromatic carbocycles. The number of aliphatic carboxylic acids is 1. The van der Waals surface area contributed by atoms with E-state index < -0.39 is 28.6 Å². The molecular weight excluding hydrogens is 524 g/mol. The second-order valence-electron chi connectivity index (χ2n) is 8.71. The number of hydrogen-bond donors (Lipinski definition) is 2. The number of rotatable bonds is 11. The van der Waals surface area contributed by atoms with Gasteiger partial charge in [0.2, 0.25) is 5.24 Å². The van der Waals surface area contributed by atoms with Crippen molar-refractivity contribution in [2.24, 2.45) is 4.99 Å². The zero-order valence-electron chi connectivity index (χ0n) is 21.1. The Morgan fingerprint density at radius 1 is 1.26 bits per heavy atom. The van der Waals surface area contributed by atoms with Gasteiger partial charge in [-0.3, -0.25) is 19.9 Å². The number of esters is 1. The molecule has 0 saturated carbocycles.